The number of carbonyl (C=O) groups is 5. The molecule has 1 aromatic rings. The van der Waals surface area contributed by atoms with Crippen LogP contribution in [0.2, 0.25) is 0 Å². The molecule has 0 aliphatic rings. The molecule has 0 fully saturated rings. The van der Waals surface area contributed by atoms with Crippen molar-refractivity contribution in [3.63, 3.8) is 0 Å². The van der Waals surface area contributed by atoms with Gasteiger partial charge in [0.05, 0.1) is 12.5 Å². The topological polar surface area (TPSA) is 214 Å². The fourth-order valence-electron chi connectivity index (χ4n) is 3.31. The van der Waals surface area contributed by atoms with E-state index in [0.29, 0.717) is 12.0 Å². The summed E-state index contributed by atoms with van der Waals surface area (Å²) < 4.78 is 0. The minimum absolute atomic E-state index is 0.0139. The Balaban J connectivity index is 2.99. The maximum absolute atomic E-state index is 13.0. The fraction of sp³-hybridized carbons (Fsp3) is 0.542. The first-order valence-electron chi connectivity index (χ1n) is 11.7. The number of hydrogen-bond acceptors (Lipinski definition) is 7. The van der Waals surface area contributed by atoms with Gasteiger partial charge in [0.1, 0.15) is 23.9 Å². The third-order valence-corrected chi connectivity index (χ3v) is 5.84. The molecule has 12 heteroatoms. The highest BCUT2D eigenvalue weighted by molar-refractivity contribution is 5.96. The van der Waals surface area contributed by atoms with Crippen molar-refractivity contribution < 1.29 is 34.2 Å². The predicted octanol–water partition coefficient (Wildman–Crippen LogP) is -0.621. The Kier molecular flexibility index (Phi) is 11.8. The molecular weight excluding hydrogens is 470 g/mol. The molecular formula is C24H37N5O7. The van der Waals surface area contributed by atoms with E-state index in [-0.39, 0.29) is 18.1 Å². The van der Waals surface area contributed by atoms with Gasteiger partial charge in [0.25, 0.3) is 0 Å². The van der Waals surface area contributed by atoms with Gasteiger partial charge in [-0.1, -0.05) is 46.2 Å². The van der Waals surface area contributed by atoms with E-state index < -0.39 is 66.1 Å². The highest BCUT2D eigenvalue weighted by Gasteiger charge is 2.33. The average Bonchev–Trinajstić information content (AvgIpc) is 2.80. The number of carbonyl (C=O) groups excluding carboxylic acids is 4. The molecule has 0 heterocycles. The standard InChI is InChI=1S/C24H37N5O7/c1-5-13(4)19(26)22(33)27-16(11-18(25)31)21(32)29-20(12(2)3)23(34)28-17(24(35)36)10-14-6-8-15(30)9-7-14/h6-9,12-13,16-17,19-20,30H,5,10-11,26H2,1-4H3,(H2,25,31)(H,27,33)(H,28,34)(H,29,32)(H,35,36). The lowest BCUT2D eigenvalue weighted by molar-refractivity contribution is -0.142. The van der Waals surface area contributed by atoms with Crippen LogP contribution in [-0.2, 0) is 30.4 Å². The smallest absolute Gasteiger partial charge is 0.326 e. The van der Waals surface area contributed by atoms with Crippen molar-refractivity contribution in [2.45, 2.75) is 71.1 Å². The quantitative estimate of drug-likeness (QED) is 0.172. The number of phenols is 1. The van der Waals surface area contributed by atoms with Crippen molar-refractivity contribution in [2.24, 2.45) is 23.3 Å². The fourth-order valence-corrected chi connectivity index (χ4v) is 3.31. The van der Waals surface area contributed by atoms with E-state index in [1.165, 1.54) is 24.3 Å². The molecule has 0 aliphatic carbocycles. The summed E-state index contributed by atoms with van der Waals surface area (Å²) in [5.41, 5.74) is 11.7. The number of nitrogens with one attached hydrogen (secondary N) is 3. The molecule has 12 nitrogen and oxygen atoms in total. The highest BCUT2D eigenvalue weighted by Crippen LogP contribution is 2.12. The zero-order valence-corrected chi connectivity index (χ0v) is 21.0. The summed E-state index contributed by atoms with van der Waals surface area (Å²) in [5.74, 6) is -5.01. The molecule has 9 N–H and O–H groups in total. The van der Waals surface area contributed by atoms with Crippen LogP contribution in [0.5, 0.6) is 5.75 Å². The first-order chi connectivity index (χ1) is 16.8. The third kappa shape index (κ3) is 9.53. The van der Waals surface area contributed by atoms with Crippen LogP contribution in [-0.4, -0.2) is 64.0 Å². The molecule has 5 atom stereocenters. The molecule has 0 aliphatic heterocycles. The number of amides is 4. The van der Waals surface area contributed by atoms with E-state index in [9.17, 15) is 34.2 Å². The van der Waals surface area contributed by atoms with Gasteiger partial charge in [0.15, 0.2) is 0 Å². The molecule has 0 aromatic heterocycles. The molecule has 36 heavy (non-hydrogen) atoms. The lowest BCUT2D eigenvalue weighted by Gasteiger charge is -2.27. The SMILES string of the molecule is CCC(C)C(N)C(=O)NC(CC(N)=O)C(=O)NC(C(=O)NC(Cc1ccc(O)cc1)C(=O)O)C(C)C. The summed E-state index contributed by atoms with van der Waals surface area (Å²) in [6.45, 7) is 6.90. The van der Waals surface area contributed by atoms with Gasteiger partial charge in [-0.3, -0.25) is 19.2 Å². The van der Waals surface area contributed by atoms with Crippen molar-refractivity contribution in [2.75, 3.05) is 0 Å². The maximum Gasteiger partial charge on any atom is 0.326 e. The monoisotopic (exact) mass is 507 g/mol. The Morgan fingerprint density at radius 3 is 1.92 bits per heavy atom. The van der Waals surface area contributed by atoms with Crippen LogP contribution < -0.4 is 27.4 Å². The summed E-state index contributed by atoms with van der Waals surface area (Å²) in [6.07, 6.45) is 0.0373. The maximum atomic E-state index is 13.0. The van der Waals surface area contributed by atoms with Crippen LogP contribution >= 0.6 is 0 Å². The number of carboxylic acid groups (broad SMARTS) is 1. The molecule has 200 valence electrons. The van der Waals surface area contributed by atoms with E-state index in [1.807, 2.05) is 6.92 Å². The molecule has 0 radical (unpaired) electrons. The molecule has 0 bridgehead atoms. The van der Waals surface area contributed by atoms with Crippen LogP contribution in [0, 0.1) is 11.8 Å². The first-order valence-corrected chi connectivity index (χ1v) is 11.7. The zero-order valence-electron chi connectivity index (χ0n) is 21.0. The second-order valence-corrected chi connectivity index (χ2v) is 9.14. The zero-order chi connectivity index (χ0) is 27.6. The van der Waals surface area contributed by atoms with Crippen LogP contribution in [0.3, 0.4) is 0 Å². The van der Waals surface area contributed by atoms with Gasteiger partial charge >= 0.3 is 5.97 Å². The normalized spacial score (nSPS) is 15.2. The van der Waals surface area contributed by atoms with Gasteiger partial charge < -0.3 is 37.6 Å². The second-order valence-electron chi connectivity index (χ2n) is 9.14. The Morgan fingerprint density at radius 2 is 1.44 bits per heavy atom. The average molecular weight is 508 g/mol. The van der Waals surface area contributed by atoms with Crippen molar-refractivity contribution in [1.29, 1.82) is 0 Å². The Labute approximate surface area is 210 Å². The number of rotatable bonds is 14. The Hall–Kier alpha value is -3.67. The predicted molar refractivity (Wildman–Crippen MR) is 131 cm³/mol. The summed E-state index contributed by atoms with van der Waals surface area (Å²) in [6, 6.07) is 1.08. The lowest BCUT2D eigenvalue weighted by Crippen LogP contribution is -2.59. The summed E-state index contributed by atoms with van der Waals surface area (Å²) in [4.78, 5) is 61.7. The second kappa shape index (κ2) is 14.0. The number of benzene rings is 1. The molecule has 0 saturated carbocycles. The Morgan fingerprint density at radius 1 is 0.889 bits per heavy atom. The van der Waals surface area contributed by atoms with Crippen LogP contribution in [0.25, 0.3) is 0 Å². The van der Waals surface area contributed by atoms with Crippen LogP contribution in [0.4, 0.5) is 0 Å². The molecule has 0 spiro atoms. The number of aromatic hydroxyl groups is 1. The van der Waals surface area contributed by atoms with E-state index in [4.69, 9.17) is 11.5 Å². The molecule has 1 aromatic carbocycles. The van der Waals surface area contributed by atoms with Crippen LogP contribution in [0.1, 0.15) is 46.1 Å². The van der Waals surface area contributed by atoms with Crippen molar-refractivity contribution in [3.05, 3.63) is 29.8 Å². The molecule has 0 saturated heterocycles. The summed E-state index contributed by atoms with van der Waals surface area (Å²) in [7, 11) is 0. The summed E-state index contributed by atoms with van der Waals surface area (Å²) in [5, 5.41) is 26.3. The number of carboxylic acids is 1. The third-order valence-electron chi connectivity index (χ3n) is 5.84. The van der Waals surface area contributed by atoms with E-state index in [2.05, 4.69) is 16.0 Å². The van der Waals surface area contributed by atoms with Gasteiger partial charge in [-0.05, 0) is 29.5 Å². The van der Waals surface area contributed by atoms with Crippen molar-refractivity contribution >= 4 is 29.6 Å². The number of primary amides is 1. The summed E-state index contributed by atoms with van der Waals surface area (Å²) >= 11 is 0. The van der Waals surface area contributed by atoms with E-state index in [0.717, 1.165) is 0 Å². The number of phenolic OH excluding ortho intramolecular Hbond substituents is 1. The lowest BCUT2D eigenvalue weighted by atomic mass is 9.98. The molecule has 5 unspecified atom stereocenters. The minimum atomic E-state index is -1.37. The first kappa shape index (κ1) is 30.4. The molecule has 4 amide bonds. The van der Waals surface area contributed by atoms with Gasteiger partial charge in [-0.2, -0.15) is 0 Å². The van der Waals surface area contributed by atoms with Gasteiger partial charge in [-0.25, -0.2) is 4.79 Å². The van der Waals surface area contributed by atoms with E-state index in [1.54, 1.807) is 20.8 Å². The molecule has 1 rings (SSSR count). The van der Waals surface area contributed by atoms with Crippen LogP contribution in [0.15, 0.2) is 24.3 Å². The minimum Gasteiger partial charge on any atom is -0.508 e. The van der Waals surface area contributed by atoms with Gasteiger partial charge in [-0.15, -0.1) is 0 Å². The highest BCUT2D eigenvalue weighted by atomic mass is 16.4. The van der Waals surface area contributed by atoms with Gasteiger partial charge in [0, 0.05) is 6.42 Å². The largest absolute Gasteiger partial charge is 0.508 e. The number of nitrogens with two attached hydrogens (primary N) is 2. The van der Waals surface area contributed by atoms with Crippen molar-refractivity contribution in [3.8, 4) is 5.75 Å². The van der Waals surface area contributed by atoms with E-state index >= 15 is 0 Å². The Bertz CT molecular complexity index is 935. The van der Waals surface area contributed by atoms with Gasteiger partial charge in [0.2, 0.25) is 23.6 Å². The number of hydrogen-bond donors (Lipinski definition) is 7. The van der Waals surface area contributed by atoms with Crippen molar-refractivity contribution in [1.82, 2.24) is 16.0 Å². The number of aliphatic carboxylic acids is 1.